The van der Waals surface area contributed by atoms with E-state index >= 15 is 0 Å². The van der Waals surface area contributed by atoms with Crippen LogP contribution in [0.4, 0.5) is 0 Å². The molecule has 0 aromatic heterocycles. The Hall–Kier alpha value is -6.29. The standard InChI is InChI=1S/C44H25O4P/c45-49(46)47-43-29(23-25-39-35-17-5-1-11-31(35)27-32-12-2-6-18-36(32)39)15-9-21-41(43)42-22-10-16-30(44(42)48-49)24-26-40-37-19-7-3-13-33(37)28-34-14-4-8-20-38(34)40/h1-22,27-28H,(H,45,46). The molecule has 1 N–H and O–H groups in total. The van der Waals surface area contributed by atoms with Crippen LogP contribution < -0.4 is 9.05 Å². The lowest BCUT2D eigenvalue weighted by Gasteiger charge is -2.12. The van der Waals surface area contributed by atoms with Gasteiger partial charge in [0, 0.05) is 22.3 Å². The zero-order valence-corrected chi connectivity index (χ0v) is 26.9. The van der Waals surface area contributed by atoms with Gasteiger partial charge < -0.3 is 9.05 Å². The van der Waals surface area contributed by atoms with E-state index in [1.54, 1.807) is 12.1 Å². The van der Waals surface area contributed by atoms with E-state index < -0.39 is 7.82 Å². The first-order valence-electron chi connectivity index (χ1n) is 15.9. The fourth-order valence-electron chi connectivity index (χ4n) is 6.70. The molecule has 8 aromatic carbocycles. The molecule has 1 heterocycles. The highest BCUT2D eigenvalue weighted by Gasteiger charge is 2.34. The van der Waals surface area contributed by atoms with Crippen molar-refractivity contribution < 1.29 is 18.5 Å². The summed E-state index contributed by atoms with van der Waals surface area (Å²) in [7, 11) is -4.63. The van der Waals surface area contributed by atoms with E-state index in [0.29, 0.717) is 22.3 Å². The summed E-state index contributed by atoms with van der Waals surface area (Å²) in [4.78, 5) is 11.0. The van der Waals surface area contributed by atoms with Gasteiger partial charge in [-0.15, -0.1) is 0 Å². The van der Waals surface area contributed by atoms with Crippen LogP contribution in [0.5, 0.6) is 11.5 Å². The van der Waals surface area contributed by atoms with Crippen LogP contribution in [0.1, 0.15) is 22.3 Å². The fraction of sp³-hybridized carbons (Fsp3) is 0. The monoisotopic (exact) mass is 648 g/mol. The Labute approximate surface area is 282 Å². The number of phosphoric ester groups is 1. The number of rotatable bonds is 0. The second-order valence-electron chi connectivity index (χ2n) is 11.9. The summed E-state index contributed by atoms with van der Waals surface area (Å²) >= 11 is 0. The molecule has 5 heteroatoms. The number of hydrogen-bond acceptors (Lipinski definition) is 3. The minimum Gasteiger partial charge on any atom is -0.393 e. The fourth-order valence-corrected chi connectivity index (χ4v) is 7.59. The van der Waals surface area contributed by atoms with Gasteiger partial charge in [0.2, 0.25) is 0 Å². The number of phosphoric acid groups is 1. The Bertz CT molecular complexity index is 2550. The third-order valence-corrected chi connectivity index (χ3v) is 9.75. The Morgan fingerprint density at radius 2 is 0.776 bits per heavy atom. The van der Waals surface area contributed by atoms with Crippen molar-refractivity contribution in [1.29, 1.82) is 0 Å². The smallest absolute Gasteiger partial charge is 0.393 e. The molecule has 0 spiro atoms. The average Bonchev–Trinajstić information content (AvgIpc) is 3.25. The van der Waals surface area contributed by atoms with Crippen molar-refractivity contribution in [2.24, 2.45) is 0 Å². The first-order chi connectivity index (χ1) is 24.0. The van der Waals surface area contributed by atoms with Crippen LogP contribution in [-0.4, -0.2) is 4.89 Å². The van der Waals surface area contributed by atoms with Crippen LogP contribution >= 0.6 is 7.82 Å². The molecular formula is C44H25O4P. The van der Waals surface area contributed by atoms with Gasteiger partial charge in [0.1, 0.15) is 0 Å². The normalized spacial score (nSPS) is 12.8. The Morgan fingerprint density at radius 1 is 0.429 bits per heavy atom. The van der Waals surface area contributed by atoms with E-state index in [0.717, 1.165) is 54.2 Å². The van der Waals surface area contributed by atoms with Gasteiger partial charge in [0.25, 0.3) is 0 Å². The van der Waals surface area contributed by atoms with Gasteiger partial charge in [-0.3, -0.25) is 4.89 Å². The highest BCUT2D eigenvalue weighted by Crippen LogP contribution is 2.55. The van der Waals surface area contributed by atoms with E-state index in [1.165, 1.54) is 0 Å². The van der Waals surface area contributed by atoms with E-state index in [2.05, 4.69) is 84.3 Å². The molecule has 0 aliphatic carbocycles. The number of para-hydroxylation sites is 2. The number of benzene rings is 8. The average molecular weight is 649 g/mol. The van der Waals surface area contributed by atoms with Crippen LogP contribution in [-0.2, 0) is 4.57 Å². The van der Waals surface area contributed by atoms with Crippen LogP contribution in [0.3, 0.4) is 0 Å². The maximum absolute atomic E-state index is 13.5. The molecule has 9 rings (SSSR count). The van der Waals surface area contributed by atoms with Gasteiger partial charge in [-0.2, -0.15) is 0 Å². The van der Waals surface area contributed by atoms with E-state index in [1.807, 2.05) is 72.8 Å². The second kappa shape index (κ2) is 11.4. The predicted molar refractivity (Wildman–Crippen MR) is 198 cm³/mol. The molecule has 0 unspecified atom stereocenters. The van der Waals surface area contributed by atoms with Crippen LogP contribution in [0.2, 0.25) is 0 Å². The quantitative estimate of drug-likeness (QED) is 0.101. The molecule has 0 radical (unpaired) electrons. The Balaban J connectivity index is 1.21. The summed E-state index contributed by atoms with van der Waals surface area (Å²) in [6.45, 7) is 0. The summed E-state index contributed by atoms with van der Waals surface area (Å²) in [5.41, 5.74) is 3.88. The van der Waals surface area contributed by atoms with Gasteiger partial charge in [0.05, 0.1) is 11.1 Å². The van der Waals surface area contributed by atoms with Gasteiger partial charge in [-0.05, 0) is 67.4 Å². The molecule has 49 heavy (non-hydrogen) atoms. The van der Waals surface area contributed by atoms with Crippen molar-refractivity contribution in [3.05, 3.63) is 168 Å². The third kappa shape index (κ3) is 5.09. The van der Waals surface area contributed by atoms with Crippen LogP contribution in [0.15, 0.2) is 146 Å². The molecule has 8 aromatic rings. The largest absolute Gasteiger partial charge is 0.585 e. The molecule has 0 saturated heterocycles. The topological polar surface area (TPSA) is 55.8 Å². The lowest BCUT2D eigenvalue weighted by atomic mass is 9.95. The minimum absolute atomic E-state index is 0.189. The predicted octanol–water partition coefficient (Wildman–Crippen LogP) is 10.6. The zero-order chi connectivity index (χ0) is 33.0. The molecule has 1 aliphatic rings. The first-order valence-corrected chi connectivity index (χ1v) is 17.4. The lowest BCUT2D eigenvalue weighted by molar-refractivity contribution is 0.294. The van der Waals surface area contributed by atoms with Crippen molar-refractivity contribution >= 4 is 50.9 Å². The Kier molecular flexibility index (Phi) is 6.75. The summed E-state index contributed by atoms with van der Waals surface area (Å²) in [6.07, 6.45) is 0. The van der Waals surface area contributed by atoms with Crippen molar-refractivity contribution in [2.45, 2.75) is 0 Å². The highest BCUT2D eigenvalue weighted by molar-refractivity contribution is 7.48. The molecule has 0 atom stereocenters. The third-order valence-electron chi connectivity index (χ3n) is 8.92. The zero-order valence-electron chi connectivity index (χ0n) is 26.0. The van der Waals surface area contributed by atoms with Crippen LogP contribution in [0.25, 0.3) is 54.2 Å². The van der Waals surface area contributed by atoms with Crippen molar-refractivity contribution in [2.75, 3.05) is 0 Å². The van der Waals surface area contributed by atoms with Gasteiger partial charge >= 0.3 is 7.82 Å². The van der Waals surface area contributed by atoms with E-state index in [4.69, 9.17) is 9.05 Å². The van der Waals surface area contributed by atoms with E-state index in [9.17, 15) is 9.46 Å². The SMILES string of the molecule is O=P1(O)Oc2c(C#Cc3c4ccccc4cc4ccccc34)cccc2-c2cccc(C#Cc3c4ccccc4cc4ccccc34)c2O1. The summed E-state index contributed by atoms with van der Waals surface area (Å²) < 4.78 is 25.1. The molecule has 230 valence electrons. The molecule has 0 bridgehead atoms. The van der Waals surface area contributed by atoms with E-state index in [-0.39, 0.29) is 11.5 Å². The lowest BCUT2D eigenvalue weighted by Crippen LogP contribution is -2.00. The maximum Gasteiger partial charge on any atom is 0.585 e. The molecule has 4 nitrogen and oxygen atoms in total. The molecule has 0 amide bonds. The summed E-state index contributed by atoms with van der Waals surface area (Å²) in [6, 6.07) is 47.9. The first kappa shape index (κ1) is 28.9. The minimum atomic E-state index is -4.63. The van der Waals surface area contributed by atoms with Crippen LogP contribution in [0, 0.1) is 23.7 Å². The summed E-state index contributed by atoms with van der Waals surface area (Å²) in [5, 5.41) is 8.45. The van der Waals surface area contributed by atoms with Crippen molar-refractivity contribution in [1.82, 2.24) is 0 Å². The number of fused-ring (bicyclic) bond motifs is 7. The van der Waals surface area contributed by atoms with Gasteiger partial charge in [0.15, 0.2) is 11.5 Å². The molecule has 0 fully saturated rings. The van der Waals surface area contributed by atoms with Crippen molar-refractivity contribution in [3.63, 3.8) is 0 Å². The summed E-state index contributed by atoms with van der Waals surface area (Å²) in [5.74, 6) is 13.7. The second-order valence-corrected chi connectivity index (χ2v) is 13.2. The molecule has 0 saturated carbocycles. The molecule has 1 aliphatic heterocycles. The van der Waals surface area contributed by atoms with Gasteiger partial charge in [-0.25, -0.2) is 4.57 Å². The maximum atomic E-state index is 13.5. The molecular weight excluding hydrogens is 623 g/mol. The highest BCUT2D eigenvalue weighted by atomic mass is 31.2. The van der Waals surface area contributed by atoms with Crippen molar-refractivity contribution in [3.8, 4) is 46.3 Å². The van der Waals surface area contributed by atoms with Gasteiger partial charge in [-0.1, -0.05) is 145 Å². The number of hydrogen-bond donors (Lipinski definition) is 1. The Morgan fingerprint density at radius 3 is 1.14 bits per heavy atom.